The molecular formula is C13H19FN2O2. The number of amides is 2. The molecule has 2 amide bonds. The molecule has 5 heteroatoms. The van der Waals surface area contributed by atoms with Crippen LogP contribution >= 0.6 is 0 Å². The van der Waals surface area contributed by atoms with Gasteiger partial charge in [0, 0.05) is 19.6 Å². The number of benzene rings is 1. The van der Waals surface area contributed by atoms with E-state index in [1.807, 2.05) is 6.92 Å². The first-order valence-electron chi connectivity index (χ1n) is 5.98. The van der Waals surface area contributed by atoms with Crippen LogP contribution in [0.15, 0.2) is 24.3 Å². The third kappa shape index (κ3) is 4.71. The van der Waals surface area contributed by atoms with Gasteiger partial charge < -0.3 is 15.3 Å². The van der Waals surface area contributed by atoms with Crippen LogP contribution in [0.2, 0.25) is 0 Å². The molecule has 1 aromatic carbocycles. The number of halogens is 1. The second kappa shape index (κ2) is 6.96. The predicted octanol–water partition coefficient (Wildman–Crippen LogP) is 1.74. The summed E-state index contributed by atoms with van der Waals surface area (Å²) in [5.41, 5.74) is 0.831. The van der Waals surface area contributed by atoms with Gasteiger partial charge in [-0.1, -0.05) is 12.1 Å². The number of carbonyl (C=O) groups excluding carboxylic acids is 1. The van der Waals surface area contributed by atoms with Crippen molar-refractivity contribution in [3.63, 3.8) is 0 Å². The smallest absolute Gasteiger partial charge is 0.317 e. The Morgan fingerprint density at radius 1 is 1.44 bits per heavy atom. The number of aliphatic hydroxyl groups excluding tert-OH is 1. The average molecular weight is 254 g/mol. The number of hydrogen-bond donors (Lipinski definition) is 2. The zero-order valence-electron chi connectivity index (χ0n) is 10.7. The fraction of sp³-hybridized carbons (Fsp3) is 0.462. The van der Waals surface area contributed by atoms with Crippen LogP contribution < -0.4 is 5.32 Å². The first kappa shape index (κ1) is 14.4. The third-order valence-corrected chi connectivity index (χ3v) is 2.51. The molecule has 0 aromatic heterocycles. The lowest BCUT2D eigenvalue weighted by atomic mass is 10.2. The van der Waals surface area contributed by atoms with E-state index in [1.54, 1.807) is 19.1 Å². The van der Waals surface area contributed by atoms with Crippen molar-refractivity contribution in [2.45, 2.75) is 26.5 Å². The highest BCUT2D eigenvalue weighted by atomic mass is 19.1. The highest BCUT2D eigenvalue weighted by molar-refractivity contribution is 5.74. The normalized spacial score (nSPS) is 12.0. The van der Waals surface area contributed by atoms with Crippen molar-refractivity contribution in [3.05, 3.63) is 35.6 Å². The number of nitrogens with one attached hydrogen (secondary N) is 1. The first-order valence-corrected chi connectivity index (χ1v) is 5.98. The first-order chi connectivity index (χ1) is 8.52. The second-order valence-corrected chi connectivity index (χ2v) is 4.17. The summed E-state index contributed by atoms with van der Waals surface area (Å²) in [6, 6.07) is 5.73. The quantitative estimate of drug-likeness (QED) is 0.841. The molecule has 0 radical (unpaired) electrons. The predicted molar refractivity (Wildman–Crippen MR) is 67.6 cm³/mol. The van der Waals surface area contributed by atoms with Crippen molar-refractivity contribution in [1.29, 1.82) is 0 Å². The summed E-state index contributed by atoms with van der Waals surface area (Å²) in [6.45, 7) is 4.65. The zero-order valence-corrected chi connectivity index (χ0v) is 10.7. The van der Waals surface area contributed by atoms with Crippen molar-refractivity contribution < 1.29 is 14.3 Å². The molecule has 0 bridgehead atoms. The maximum Gasteiger partial charge on any atom is 0.317 e. The van der Waals surface area contributed by atoms with Crippen molar-refractivity contribution in [2.75, 3.05) is 13.1 Å². The molecule has 1 unspecified atom stereocenters. The maximum absolute atomic E-state index is 12.7. The largest absolute Gasteiger partial charge is 0.392 e. The summed E-state index contributed by atoms with van der Waals surface area (Å²) in [5, 5.41) is 12.0. The van der Waals surface area contributed by atoms with E-state index in [9.17, 15) is 14.3 Å². The second-order valence-electron chi connectivity index (χ2n) is 4.17. The standard InChI is InChI=1S/C13H19FN2O2/c1-3-16(9-10(2)17)13(18)15-8-11-4-6-12(14)7-5-11/h4-7,10,17H,3,8-9H2,1-2H3,(H,15,18). The Bertz CT molecular complexity index is 379. The van der Waals surface area contributed by atoms with E-state index >= 15 is 0 Å². The molecule has 0 heterocycles. The lowest BCUT2D eigenvalue weighted by Crippen LogP contribution is -2.42. The summed E-state index contributed by atoms with van der Waals surface area (Å²) in [4.78, 5) is 13.3. The van der Waals surface area contributed by atoms with Gasteiger partial charge in [0.2, 0.25) is 0 Å². The van der Waals surface area contributed by atoms with Gasteiger partial charge in [0.05, 0.1) is 6.10 Å². The number of carbonyl (C=O) groups is 1. The third-order valence-electron chi connectivity index (χ3n) is 2.51. The van der Waals surface area contributed by atoms with Gasteiger partial charge in [-0.05, 0) is 31.5 Å². The minimum Gasteiger partial charge on any atom is -0.392 e. The van der Waals surface area contributed by atoms with Crippen LogP contribution in [-0.4, -0.2) is 35.2 Å². The Hall–Kier alpha value is -1.62. The Balaban J connectivity index is 2.46. The van der Waals surface area contributed by atoms with E-state index in [0.717, 1.165) is 5.56 Å². The van der Waals surface area contributed by atoms with E-state index in [1.165, 1.54) is 17.0 Å². The highest BCUT2D eigenvalue weighted by Crippen LogP contribution is 2.02. The van der Waals surface area contributed by atoms with Gasteiger partial charge >= 0.3 is 6.03 Å². The molecule has 0 spiro atoms. The molecule has 0 aliphatic rings. The van der Waals surface area contributed by atoms with Gasteiger partial charge in [-0.15, -0.1) is 0 Å². The lowest BCUT2D eigenvalue weighted by molar-refractivity contribution is 0.135. The molecule has 2 N–H and O–H groups in total. The van der Waals surface area contributed by atoms with Crippen LogP contribution in [0, 0.1) is 5.82 Å². The molecule has 1 rings (SSSR count). The van der Waals surface area contributed by atoms with Gasteiger partial charge in [-0.2, -0.15) is 0 Å². The summed E-state index contributed by atoms with van der Waals surface area (Å²) in [5.74, 6) is -0.297. The summed E-state index contributed by atoms with van der Waals surface area (Å²) in [7, 11) is 0. The molecule has 1 atom stereocenters. The van der Waals surface area contributed by atoms with E-state index < -0.39 is 6.10 Å². The molecule has 0 saturated heterocycles. The van der Waals surface area contributed by atoms with Gasteiger partial charge in [-0.25, -0.2) is 9.18 Å². The Kier molecular flexibility index (Phi) is 5.58. The van der Waals surface area contributed by atoms with Gasteiger partial charge in [-0.3, -0.25) is 0 Å². The zero-order chi connectivity index (χ0) is 13.5. The molecule has 0 aliphatic heterocycles. The van der Waals surface area contributed by atoms with Crippen LogP contribution in [0.1, 0.15) is 19.4 Å². The van der Waals surface area contributed by atoms with E-state index in [2.05, 4.69) is 5.32 Å². The molecule has 100 valence electrons. The summed E-state index contributed by atoms with van der Waals surface area (Å²) < 4.78 is 12.7. The van der Waals surface area contributed by atoms with Crippen molar-refractivity contribution >= 4 is 6.03 Å². The van der Waals surface area contributed by atoms with Crippen molar-refractivity contribution in [3.8, 4) is 0 Å². The van der Waals surface area contributed by atoms with Gasteiger partial charge in [0.15, 0.2) is 0 Å². The number of urea groups is 1. The summed E-state index contributed by atoms with van der Waals surface area (Å²) >= 11 is 0. The Morgan fingerprint density at radius 3 is 2.56 bits per heavy atom. The number of hydrogen-bond acceptors (Lipinski definition) is 2. The molecule has 0 saturated carbocycles. The number of nitrogens with zero attached hydrogens (tertiary/aromatic N) is 1. The van der Waals surface area contributed by atoms with Crippen LogP contribution in [-0.2, 0) is 6.54 Å². The minimum atomic E-state index is -0.554. The van der Waals surface area contributed by atoms with Crippen LogP contribution in [0.5, 0.6) is 0 Å². The van der Waals surface area contributed by atoms with Crippen molar-refractivity contribution in [2.24, 2.45) is 0 Å². The van der Waals surface area contributed by atoms with E-state index in [0.29, 0.717) is 19.6 Å². The van der Waals surface area contributed by atoms with Crippen LogP contribution in [0.4, 0.5) is 9.18 Å². The molecule has 18 heavy (non-hydrogen) atoms. The molecule has 0 fully saturated rings. The Morgan fingerprint density at radius 2 is 2.06 bits per heavy atom. The van der Waals surface area contributed by atoms with E-state index in [4.69, 9.17) is 0 Å². The fourth-order valence-electron chi connectivity index (χ4n) is 1.57. The van der Waals surface area contributed by atoms with Gasteiger partial charge in [0.1, 0.15) is 5.82 Å². The van der Waals surface area contributed by atoms with Crippen LogP contribution in [0.25, 0.3) is 0 Å². The number of likely N-dealkylation sites (N-methyl/N-ethyl adjacent to an activating group) is 1. The number of rotatable bonds is 5. The Labute approximate surface area is 106 Å². The van der Waals surface area contributed by atoms with Gasteiger partial charge in [0.25, 0.3) is 0 Å². The number of aliphatic hydroxyl groups is 1. The monoisotopic (exact) mass is 254 g/mol. The van der Waals surface area contributed by atoms with Crippen molar-refractivity contribution in [1.82, 2.24) is 10.2 Å². The SMILES string of the molecule is CCN(CC(C)O)C(=O)NCc1ccc(F)cc1. The topological polar surface area (TPSA) is 52.6 Å². The molecular weight excluding hydrogens is 235 g/mol. The average Bonchev–Trinajstić information content (AvgIpc) is 2.34. The lowest BCUT2D eigenvalue weighted by Gasteiger charge is -2.22. The van der Waals surface area contributed by atoms with E-state index in [-0.39, 0.29) is 11.8 Å². The molecule has 1 aromatic rings. The van der Waals surface area contributed by atoms with Crippen LogP contribution in [0.3, 0.4) is 0 Å². The molecule has 4 nitrogen and oxygen atoms in total. The fourth-order valence-corrected chi connectivity index (χ4v) is 1.57. The highest BCUT2D eigenvalue weighted by Gasteiger charge is 2.12. The maximum atomic E-state index is 12.7. The summed E-state index contributed by atoms with van der Waals surface area (Å²) in [6.07, 6.45) is -0.554. The molecule has 0 aliphatic carbocycles. The minimum absolute atomic E-state index is 0.234.